The molecule has 0 aromatic heterocycles. The van der Waals surface area contributed by atoms with Crippen LogP contribution in [-0.4, -0.2) is 50.9 Å². The number of nitrogens with zero attached hydrogens (tertiary/aromatic N) is 2. The Morgan fingerprint density at radius 1 is 1.04 bits per heavy atom. The van der Waals surface area contributed by atoms with Crippen LogP contribution in [-0.2, 0) is 10.2 Å². The van der Waals surface area contributed by atoms with Crippen molar-refractivity contribution in [2.24, 2.45) is 0 Å². The minimum absolute atomic E-state index is 0.189. The second-order valence-corrected chi connectivity index (χ2v) is 7.87. The van der Waals surface area contributed by atoms with Crippen LogP contribution in [0.2, 0.25) is 0 Å². The number of rotatable bonds is 5. The molecule has 23 heavy (non-hydrogen) atoms. The molecule has 1 aromatic rings. The first kappa shape index (κ1) is 16.5. The number of methoxy groups -OCH3 is 2. The lowest BCUT2D eigenvalue weighted by molar-refractivity contribution is 0.335. The average molecular weight is 340 g/mol. The molecule has 0 N–H and O–H groups in total. The molecular weight excluding hydrogens is 316 g/mol. The molecule has 6 nitrogen and oxygen atoms in total. The lowest BCUT2D eigenvalue weighted by atomic mass is 10.0. The van der Waals surface area contributed by atoms with Gasteiger partial charge in [-0.3, -0.25) is 0 Å². The van der Waals surface area contributed by atoms with Crippen molar-refractivity contribution in [1.29, 1.82) is 0 Å². The molecule has 2 heterocycles. The lowest BCUT2D eigenvalue weighted by Gasteiger charge is -2.29. The molecule has 2 aliphatic heterocycles. The highest BCUT2D eigenvalue weighted by atomic mass is 32.2. The molecule has 0 aliphatic carbocycles. The second kappa shape index (κ2) is 6.67. The van der Waals surface area contributed by atoms with Crippen molar-refractivity contribution < 1.29 is 17.9 Å². The predicted molar refractivity (Wildman–Crippen MR) is 88.0 cm³/mol. The van der Waals surface area contributed by atoms with E-state index in [1.165, 1.54) is 0 Å². The van der Waals surface area contributed by atoms with Crippen LogP contribution in [0, 0.1) is 0 Å². The van der Waals surface area contributed by atoms with Crippen LogP contribution in [0.15, 0.2) is 18.2 Å². The minimum atomic E-state index is -3.41. The molecule has 7 heteroatoms. The summed E-state index contributed by atoms with van der Waals surface area (Å²) in [6.07, 6.45) is 3.55. The quantitative estimate of drug-likeness (QED) is 0.824. The van der Waals surface area contributed by atoms with Gasteiger partial charge in [0.25, 0.3) is 10.2 Å². The Balaban J connectivity index is 1.95. The fourth-order valence-corrected chi connectivity index (χ4v) is 5.41. The van der Waals surface area contributed by atoms with Gasteiger partial charge in [0.15, 0.2) is 0 Å². The standard InChI is InChI=1S/C16H24N2O4S/c1-21-13-7-8-16(22-2)14(12-13)15-6-5-11-18(15)23(19,20)17-9-3-4-10-17/h7-8,12,15H,3-6,9-11H2,1-2H3. The maximum absolute atomic E-state index is 13.0. The van der Waals surface area contributed by atoms with Crippen molar-refractivity contribution in [3.8, 4) is 11.5 Å². The second-order valence-electron chi connectivity index (χ2n) is 5.99. The van der Waals surface area contributed by atoms with Gasteiger partial charge in [0.1, 0.15) is 11.5 Å². The lowest BCUT2D eigenvalue weighted by Crippen LogP contribution is -2.42. The Labute approximate surface area is 138 Å². The summed E-state index contributed by atoms with van der Waals surface area (Å²) in [6.45, 7) is 1.81. The summed E-state index contributed by atoms with van der Waals surface area (Å²) in [6, 6.07) is 5.37. The topological polar surface area (TPSA) is 59.1 Å². The van der Waals surface area contributed by atoms with E-state index in [0.717, 1.165) is 31.2 Å². The Kier molecular flexibility index (Phi) is 4.79. The van der Waals surface area contributed by atoms with Gasteiger partial charge in [0, 0.05) is 25.2 Å². The third kappa shape index (κ3) is 3.05. The van der Waals surface area contributed by atoms with Gasteiger partial charge in [-0.25, -0.2) is 0 Å². The predicted octanol–water partition coefficient (Wildman–Crippen LogP) is 2.18. The molecule has 3 rings (SSSR count). The van der Waals surface area contributed by atoms with Gasteiger partial charge >= 0.3 is 0 Å². The maximum Gasteiger partial charge on any atom is 0.282 e. The third-order valence-electron chi connectivity index (χ3n) is 4.69. The molecule has 1 aromatic carbocycles. The van der Waals surface area contributed by atoms with Gasteiger partial charge in [-0.2, -0.15) is 17.0 Å². The number of ether oxygens (including phenoxy) is 2. The Bertz CT molecular complexity index is 656. The zero-order valence-electron chi connectivity index (χ0n) is 13.7. The summed E-state index contributed by atoms with van der Waals surface area (Å²) in [7, 11) is -0.189. The van der Waals surface area contributed by atoms with Crippen LogP contribution in [0.4, 0.5) is 0 Å². The van der Waals surface area contributed by atoms with Crippen molar-refractivity contribution in [1.82, 2.24) is 8.61 Å². The average Bonchev–Trinajstić information content (AvgIpc) is 3.25. The molecule has 1 unspecified atom stereocenters. The van der Waals surface area contributed by atoms with E-state index >= 15 is 0 Å². The SMILES string of the molecule is COc1ccc(OC)c(C2CCCN2S(=O)(=O)N2CCCC2)c1. The van der Waals surface area contributed by atoms with Crippen LogP contribution in [0.25, 0.3) is 0 Å². The van der Waals surface area contributed by atoms with Crippen molar-refractivity contribution in [2.75, 3.05) is 33.9 Å². The molecule has 2 aliphatic rings. The molecule has 1 atom stereocenters. The summed E-state index contributed by atoms with van der Waals surface area (Å²) in [5, 5.41) is 0. The van der Waals surface area contributed by atoms with Gasteiger partial charge in [0.2, 0.25) is 0 Å². The highest BCUT2D eigenvalue weighted by Crippen LogP contribution is 2.41. The van der Waals surface area contributed by atoms with E-state index in [1.807, 2.05) is 18.2 Å². The zero-order valence-corrected chi connectivity index (χ0v) is 14.5. The summed E-state index contributed by atoms with van der Waals surface area (Å²) in [4.78, 5) is 0. The van der Waals surface area contributed by atoms with Crippen molar-refractivity contribution in [3.05, 3.63) is 23.8 Å². The van der Waals surface area contributed by atoms with Crippen molar-refractivity contribution in [3.63, 3.8) is 0 Å². The van der Waals surface area contributed by atoms with E-state index in [1.54, 1.807) is 22.8 Å². The largest absolute Gasteiger partial charge is 0.497 e. The Morgan fingerprint density at radius 2 is 1.78 bits per heavy atom. The summed E-state index contributed by atoms with van der Waals surface area (Å²) in [5.74, 6) is 1.42. The Hall–Kier alpha value is -1.31. The van der Waals surface area contributed by atoms with E-state index in [4.69, 9.17) is 9.47 Å². The molecule has 0 amide bonds. The highest BCUT2D eigenvalue weighted by Gasteiger charge is 2.40. The van der Waals surface area contributed by atoms with E-state index in [-0.39, 0.29) is 6.04 Å². The van der Waals surface area contributed by atoms with Crippen LogP contribution < -0.4 is 9.47 Å². The fourth-order valence-electron chi connectivity index (χ4n) is 3.49. The van der Waals surface area contributed by atoms with Gasteiger partial charge in [-0.05, 0) is 43.9 Å². The number of hydrogen-bond acceptors (Lipinski definition) is 4. The molecule has 0 bridgehead atoms. The summed E-state index contributed by atoms with van der Waals surface area (Å²) < 4.78 is 39.9. The van der Waals surface area contributed by atoms with Gasteiger partial charge in [0.05, 0.1) is 20.3 Å². The molecule has 0 saturated carbocycles. The molecule has 2 saturated heterocycles. The van der Waals surface area contributed by atoms with E-state index in [0.29, 0.717) is 31.1 Å². The summed E-state index contributed by atoms with van der Waals surface area (Å²) in [5.41, 5.74) is 0.882. The normalized spacial score (nSPS) is 23.3. The van der Waals surface area contributed by atoms with Crippen LogP contribution >= 0.6 is 0 Å². The maximum atomic E-state index is 13.0. The molecule has 0 radical (unpaired) electrons. The molecule has 2 fully saturated rings. The zero-order chi connectivity index (χ0) is 16.4. The first-order valence-corrected chi connectivity index (χ1v) is 9.46. The van der Waals surface area contributed by atoms with E-state index in [9.17, 15) is 8.42 Å². The van der Waals surface area contributed by atoms with Crippen molar-refractivity contribution >= 4 is 10.2 Å². The van der Waals surface area contributed by atoms with Crippen LogP contribution in [0.1, 0.15) is 37.3 Å². The van der Waals surface area contributed by atoms with Crippen LogP contribution in [0.3, 0.4) is 0 Å². The molecule has 128 valence electrons. The van der Waals surface area contributed by atoms with Gasteiger partial charge in [-0.1, -0.05) is 0 Å². The number of hydrogen-bond donors (Lipinski definition) is 0. The Morgan fingerprint density at radius 3 is 2.43 bits per heavy atom. The minimum Gasteiger partial charge on any atom is -0.497 e. The summed E-state index contributed by atoms with van der Waals surface area (Å²) >= 11 is 0. The van der Waals surface area contributed by atoms with Gasteiger partial charge < -0.3 is 9.47 Å². The monoisotopic (exact) mass is 340 g/mol. The van der Waals surface area contributed by atoms with Crippen molar-refractivity contribution in [2.45, 2.75) is 31.7 Å². The first-order valence-electron chi connectivity index (χ1n) is 8.07. The van der Waals surface area contributed by atoms with E-state index < -0.39 is 10.2 Å². The fraction of sp³-hybridized carbons (Fsp3) is 0.625. The first-order chi connectivity index (χ1) is 11.1. The molecular formula is C16H24N2O4S. The third-order valence-corrected chi connectivity index (χ3v) is 6.73. The van der Waals surface area contributed by atoms with Crippen LogP contribution in [0.5, 0.6) is 11.5 Å². The van der Waals surface area contributed by atoms with E-state index in [2.05, 4.69) is 0 Å². The smallest absolute Gasteiger partial charge is 0.282 e. The number of benzene rings is 1. The highest BCUT2D eigenvalue weighted by molar-refractivity contribution is 7.86. The molecule has 0 spiro atoms. The van der Waals surface area contributed by atoms with Gasteiger partial charge in [-0.15, -0.1) is 0 Å².